The van der Waals surface area contributed by atoms with Gasteiger partial charge in [-0.3, -0.25) is 0 Å². The maximum atomic E-state index is 5.43. The number of fused-ring (bicyclic) bond motifs is 1. The van der Waals surface area contributed by atoms with Crippen LogP contribution in [0.1, 0.15) is 11.9 Å². The summed E-state index contributed by atoms with van der Waals surface area (Å²) in [5.74, 6) is 0. The van der Waals surface area contributed by atoms with E-state index >= 15 is 0 Å². The molecule has 0 saturated carbocycles. The number of benzene rings is 1. The average molecular weight is 208 g/mol. The Hall–Kier alpha value is -1.04. The zero-order chi connectivity index (χ0) is 9.38. The minimum atomic E-state index is -0.261. The van der Waals surface area contributed by atoms with E-state index in [1.165, 1.54) is 11.7 Å². The predicted molar refractivity (Wildman–Crippen MR) is 52.1 cm³/mol. The molecule has 1 aliphatic heterocycles. The Labute approximate surface area is 84.8 Å². The van der Waals surface area contributed by atoms with Crippen molar-refractivity contribution in [2.75, 3.05) is 13.2 Å². The molecule has 5 heteroatoms. The summed E-state index contributed by atoms with van der Waals surface area (Å²) in [5.41, 5.74) is 2.78. The molecule has 1 aliphatic rings. The molecule has 0 spiro atoms. The third-order valence-electron chi connectivity index (χ3n) is 2.19. The Morgan fingerprint density at radius 2 is 2.07 bits per heavy atom. The minimum absolute atomic E-state index is 0.261. The Balaban J connectivity index is 2.14. The van der Waals surface area contributed by atoms with Crippen molar-refractivity contribution in [2.24, 2.45) is 0 Å². The quantitative estimate of drug-likeness (QED) is 0.716. The van der Waals surface area contributed by atoms with Gasteiger partial charge < -0.3 is 9.47 Å². The molecule has 2 aromatic rings. The first-order valence-corrected chi connectivity index (χ1v) is 5.12. The number of aromatic nitrogens is 2. The maximum absolute atomic E-state index is 5.43. The predicted octanol–water partition coefficient (Wildman–Crippen LogP) is 1.74. The summed E-state index contributed by atoms with van der Waals surface area (Å²) in [6, 6.07) is 5.86. The largest absolute Gasteiger partial charge is 0.346 e. The van der Waals surface area contributed by atoms with Gasteiger partial charge in [0, 0.05) is 5.56 Å². The van der Waals surface area contributed by atoms with Gasteiger partial charge in [-0.25, -0.2) is 0 Å². The van der Waals surface area contributed by atoms with Crippen molar-refractivity contribution in [1.29, 1.82) is 0 Å². The molecule has 0 bridgehead atoms. The van der Waals surface area contributed by atoms with Gasteiger partial charge >= 0.3 is 0 Å². The highest BCUT2D eigenvalue weighted by Crippen LogP contribution is 2.28. The standard InChI is InChI=1S/C9H8N2O2S/c1-2-6(9-12-4-5-13-9)8-7(3-1)10-14-11-8/h1-3,9H,4-5H2. The summed E-state index contributed by atoms with van der Waals surface area (Å²) in [7, 11) is 0. The summed E-state index contributed by atoms with van der Waals surface area (Å²) < 4.78 is 19.3. The van der Waals surface area contributed by atoms with Crippen LogP contribution in [0.4, 0.5) is 0 Å². The van der Waals surface area contributed by atoms with Gasteiger partial charge in [-0.15, -0.1) is 0 Å². The van der Waals surface area contributed by atoms with Crippen molar-refractivity contribution in [3.05, 3.63) is 23.8 Å². The fraction of sp³-hybridized carbons (Fsp3) is 0.333. The topological polar surface area (TPSA) is 44.2 Å². The zero-order valence-electron chi connectivity index (χ0n) is 7.34. The van der Waals surface area contributed by atoms with E-state index in [1.54, 1.807) is 0 Å². The summed E-state index contributed by atoms with van der Waals surface area (Å²) in [4.78, 5) is 0. The molecule has 0 aliphatic carbocycles. The molecule has 0 unspecified atom stereocenters. The number of hydrogen-bond donors (Lipinski definition) is 0. The van der Waals surface area contributed by atoms with E-state index < -0.39 is 0 Å². The fourth-order valence-electron chi connectivity index (χ4n) is 1.56. The maximum Gasteiger partial charge on any atom is 0.186 e. The molecule has 0 N–H and O–H groups in total. The van der Waals surface area contributed by atoms with Gasteiger partial charge in [0.25, 0.3) is 0 Å². The van der Waals surface area contributed by atoms with E-state index in [0.29, 0.717) is 13.2 Å². The smallest absolute Gasteiger partial charge is 0.186 e. The van der Waals surface area contributed by atoms with Crippen LogP contribution >= 0.6 is 11.7 Å². The van der Waals surface area contributed by atoms with Crippen LogP contribution in [0.15, 0.2) is 18.2 Å². The van der Waals surface area contributed by atoms with Gasteiger partial charge in [0.15, 0.2) is 6.29 Å². The first-order chi connectivity index (χ1) is 6.95. The molecule has 1 fully saturated rings. The van der Waals surface area contributed by atoms with Crippen molar-refractivity contribution in [3.8, 4) is 0 Å². The van der Waals surface area contributed by atoms with E-state index in [0.717, 1.165) is 16.6 Å². The van der Waals surface area contributed by atoms with E-state index in [9.17, 15) is 0 Å². The van der Waals surface area contributed by atoms with E-state index in [2.05, 4.69) is 8.75 Å². The van der Waals surface area contributed by atoms with Crippen LogP contribution in [0.25, 0.3) is 11.0 Å². The second-order valence-corrected chi connectivity index (χ2v) is 3.58. The number of nitrogens with zero attached hydrogens (tertiary/aromatic N) is 2. The van der Waals surface area contributed by atoms with Crippen LogP contribution in [0, 0.1) is 0 Å². The first kappa shape index (κ1) is 8.28. The molecule has 2 heterocycles. The van der Waals surface area contributed by atoms with Crippen LogP contribution in [-0.4, -0.2) is 22.0 Å². The molecule has 0 radical (unpaired) electrons. The molecule has 0 atom stereocenters. The lowest BCUT2D eigenvalue weighted by atomic mass is 10.2. The third-order valence-corrected chi connectivity index (χ3v) is 2.74. The average Bonchev–Trinajstić information content (AvgIpc) is 2.88. The van der Waals surface area contributed by atoms with E-state index in [-0.39, 0.29) is 6.29 Å². The van der Waals surface area contributed by atoms with Gasteiger partial charge in [-0.05, 0) is 6.07 Å². The van der Waals surface area contributed by atoms with Crippen LogP contribution in [0.3, 0.4) is 0 Å². The van der Waals surface area contributed by atoms with Gasteiger partial charge in [-0.2, -0.15) is 8.75 Å². The molecule has 1 saturated heterocycles. The van der Waals surface area contributed by atoms with Crippen molar-refractivity contribution in [3.63, 3.8) is 0 Å². The molecule has 1 aromatic carbocycles. The Kier molecular flexibility index (Phi) is 1.93. The number of ether oxygens (including phenoxy) is 2. The highest BCUT2D eigenvalue weighted by molar-refractivity contribution is 7.00. The van der Waals surface area contributed by atoms with Gasteiger partial charge in [0.2, 0.25) is 0 Å². The van der Waals surface area contributed by atoms with Crippen molar-refractivity contribution >= 4 is 22.8 Å². The van der Waals surface area contributed by atoms with Gasteiger partial charge in [0.05, 0.1) is 24.9 Å². The lowest BCUT2D eigenvalue weighted by Crippen LogP contribution is -1.98. The number of hydrogen-bond acceptors (Lipinski definition) is 5. The van der Waals surface area contributed by atoms with Gasteiger partial charge in [0.1, 0.15) is 11.0 Å². The third kappa shape index (κ3) is 1.21. The lowest BCUT2D eigenvalue weighted by molar-refractivity contribution is -0.0431. The first-order valence-electron chi connectivity index (χ1n) is 4.39. The van der Waals surface area contributed by atoms with Gasteiger partial charge in [-0.1, -0.05) is 12.1 Å². The summed E-state index contributed by atoms with van der Waals surface area (Å²) in [6.07, 6.45) is -0.261. The van der Waals surface area contributed by atoms with E-state index in [1.807, 2.05) is 18.2 Å². The van der Waals surface area contributed by atoms with Crippen molar-refractivity contribution in [1.82, 2.24) is 8.75 Å². The van der Waals surface area contributed by atoms with Crippen molar-refractivity contribution < 1.29 is 9.47 Å². The molecule has 1 aromatic heterocycles. The zero-order valence-corrected chi connectivity index (χ0v) is 8.16. The number of rotatable bonds is 1. The SMILES string of the molecule is c1cc(C2OCCO2)c2nsnc2c1. The summed E-state index contributed by atoms with van der Waals surface area (Å²) >= 11 is 1.21. The molecular formula is C9H8N2O2S. The van der Waals surface area contributed by atoms with Crippen LogP contribution in [0.5, 0.6) is 0 Å². The van der Waals surface area contributed by atoms with E-state index in [4.69, 9.17) is 9.47 Å². The molecule has 14 heavy (non-hydrogen) atoms. The second-order valence-electron chi connectivity index (χ2n) is 3.05. The Morgan fingerprint density at radius 1 is 1.21 bits per heavy atom. The normalized spacial score (nSPS) is 18.0. The lowest BCUT2D eigenvalue weighted by Gasteiger charge is -2.08. The van der Waals surface area contributed by atoms with Crippen LogP contribution in [0.2, 0.25) is 0 Å². The Bertz CT molecular complexity index is 451. The summed E-state index contributed by atoms with van der Waals surface area (Å²) in [5, 5.41) is 0. The molecule has 0 amide bonds. The Morgan fingerprint density at radius 3 is 2.93 bits per heavy atom. The second kappa shape index (κ2) is 3.27. The van der Waals surface area contributed by atoms with Crippen molar-refractivity contribution in [2.45, 2.75) is 6.29 Å². The molecule has 3 rings (SSSR count). The monoisotopic (exact) mass is 208 g/mol. The fourth-order valence-corrected chi connectivity index (χ4v) is 2.11. The summed E-state index contributed by atoms with van der Waals surface area (Å²) in [6.45, 7) is 1.30. The highest BCUT2D eigenvalue weighted by Gasteiger charge is 2.21. The highest BCUT2D eigenvalue weighted by atomic mass is 32.1. The molecular weight excluding hydrogens is 200 g/mol. The van der Waals surface area contributed by atoms with Crippen LogP contribution in [-0.2, 0) is 9.47 Å². The minimum Gasteiger partial charge on any atom is -0.346 e. The molecule has 4 nitrogen and oxygen atoms in total. The molecule has 72 valence electrons. The van der Waals surface area contributed by atoms with Crippen LogP contribution < -0.4 is 0 Å².